The van der Waals surface area contributed by atoms with E-state index in [0.29, 0.717) is 6.04 Å². The Balaban J connectivity index is 2.32. The molecule has 0 spiro atoms. The molecule has 0 aliphatic heterocycles. The third-order valence-corrected chi connectivity index (χ3v) is 5.08. The molecule has 0 fully saturated rings. The van der Waals surface area contributed by atoms with Gasteiger partial charge in [0.25, 0.3) is 0 Å². The number of rotatable bonds is 5. The van der Waals surface area contributed by atoms with Gasteiger partial charge in [0.05, 0.1) is 0 Å². The van der Waals surface area contributed by atoms with Crippen molar-refractivity contribution in [3.63, 3.8) is 0 Å². The van der Waals surface area contributed by atoms with Gasteiger partial charge in [0.1, 0.15) is 0 Å². The molecule has 0 radical (unpaired) electrons. The zero-order valence-electron chi connectivity index (χ0n) is 11.0. The highest BCUT2D eigenvalue weighted by molar-refractivity contribution is 9.10. The van der Waals surface area contributed by atoms with Gasteiger partial charge in [-0.1, -0.05) is 41.4 Å². The second-order valence-electron chi connectivity index (χ2n) is 4.34. The Morgan fingerprint density at radius 1 is 1.26 bits per heavy atom. The summed E-state index contributed by atoms with van der Waals surface area (Å²) in [5.41, 5.74) is 1.10. The summed E-state index contributed by atoms with van der Waals surface area (Å²) in [7, 11) is 0. The topological polar surface area (TPSA) is 12.0 Å². The molecule has 0 bridgehead atoms. The summed E-state index contributed by atoms with van der Waals surface area (Å²) in [5.74, 6) is 0. The molecule has 2 aromatic rings. The summed E-state index contributed by atoms with van der Waals surface area (Å²) >= 11 is 11.6. The number of nitrogens with one attached hydrogen (secondary N) is 1. The van der Waals surface area contributed by atoms with Crippen molar-refractivity contribution >= 4 is 38.9 Å². The number of hydrogen-bond acceptors (Lipinski definition) is 2. The lowest BCUT2D eigenvalue weighted by molar-refractivity contribution is 0.545. The van der Waals surface area contributed by atoms with Crippen molar-refractivity contribution in [1.82, 2.24) is 5.32 Å². The van der Waals surface area contributed by atoms with E-state index < -0.39 is 0 Å². The van der Waals surface area contributed by atoms with Gasteiger partial charge >= 0.3 is 0 Å². The van der Waals surface area contributed by atoms with Gasteiger partial charge < -0.3 is 5.32 Å². The second kappa shape index (κ2) is 6.89. The summed E-state index contributed by atoms with van der Waals surface area (Å²) in [4.78, 5) is 2.59. The molecule has 1 unspecified atom stereocenters. The molecule has 1 nitrogen and oxygen atoms in total. The number of benzene rings is 1. The normalized spacial score (nSPS) is 12.6. The van der Waals surface area contributed by atoms with E-state index in [2.05, 4.69) is 53.3 Å². The van der Waals surface area contributed by atoms with E-state index >= 15 is 0 Å². The predicted octanol–water partition coefficient (Wildman–Crippen LogP) is 5.89. The summed E-state index contributed by atoms with van der Waals surface area (Å²) in [6.45, 7) is 5.34. The minimum absolute atomic E-state index is 0.440. The quantitative estimate of drug-likeness (QED) is 0.702. The maximum absolute atomic E-state index is 6.28. The lowest BCUT2D eigenvalue weighted by Crippen LogP contribution is -2.18. The summed E-state index contributed by atoms with van der Waals surface area (Å²) in [6.07, 6.45) is 1.10. The van der Waals surface area contributed by atoms with Gasteiger partial charge in [0, 0.05) is 30.9 Å². The molecule has 2 rings (SSSR count). The summed E-state index contributed by atoms with van der Waals surface area (Å²) in [6, 6.07) is 10.8. The second-order valence-corrected chi connectivity index (χ2v) is 6.78. The van der Waals surface area contributed by atoms with Gasteiger partial charge in [0.15, 0.2) is 0 Å². The van der Waals surface area contributed by atoms with Crippen LogP contribution in [0.4, 0.5) is 0 Å². The van der Waals surface area contributed by atoms with Crippen LogP contribution >= 0.6 is 38.9 Å². The van der Waals surface area contributed by atoms with Gasteiger partial charge in [-0.15, -0.1) is 11.3 Å². The monoisotopic (exact) mass is 357 g/mol. The minimum atomic E-state index is 0.440. The van der Waals surface area contributed by atoms with Crippen LogP contribution < -0.4 is 5.32 Å². The highest BCUT2D eigenvalue weighted by Gasteiger charge is 2.13. The Morgan fingerprint density at radius 2 is 2.05 bits per heavy atom. The van der Waals surface area contributed by atoms with Crippen molar-refractivity contribution in [1.29, 1.82) is 0 Å². The molecule has 0 aliphatic rings. The third-order valence-electron chi connectivity index (χ3n) is 3.02. The van der Waals surface area contributed by atoms with E-state index in [-0.39, 0.29) is 0 Å². The lowest BCUT2D eigenvalue weighted by Gasteiger charge is -2.13. The number of hydrogen-bond donors (Lipinski definition) is 1. The molecule has 1 N–H and O–H groups in total. The number of thiophene rings is 1. The fraction of sp³-hybridized carbons (Fsp3) is 0.333. The van der Waals surface area contributed by atoms with Gasteiger partial charge in [-0.3, -0.25) is 0 Å². The van der Waals surface area contributed by atoms with Crippen LogP contribution in [0.25, 0.3) is 10.4 Å². The predicted molar refractivity (Wildman–Crippen MR) is 89.2 cm³/mol. The van der Waals surface area contributed by atoms with Crippen molar-refractivity contribution in [2.75, 3.05) is 6.54 Å². The van der Waals surface area contributed by atoms with Crippen LogP contribution in [-0.2, 0) is 0 Å². The average molecular weight is 359 g/mol. The maximum atomic E-state index is 6.28. The minimum Gasteiger partial charge on any atom is -0.310 e. The fourth-order valence-electron chi connectivity index (χ4n) is 2.06. The molecule has 0 saturated heterocycles. The van der Waals surface area contributed by atoms with Gasteiger partial charge in [-0.25, -0.2) is 0 Å². The number of halogens is 2. The van der Waals surface area contributed by atoms with Gasteiger partial charge in [0.2, 0.25) is 0 Å². The Hall–Kier alpha value is -0.350. The molecule has 1 atom stereocenters. The van der Waals surface area contributed by atoms with Crippen LogP contribution in [0.15, 0.2) is 34.8 Å². The Labute approximate surface area is 132 Å². The molecule has 0 saturated carbocycles. The lowest BCUT2D eigenvalue weighted by atomic mass is 10.1. The molecule has 1 aromatic carbocycles. The Kier molecular flexibility index (Phi) is 5.46. The van der Waals surface area contributed by atoms with Crippen LogP contribution in [0, 0.1) is 0 Å². The molecule has 1 heterocycles. The van der Waals surface area contributed by atoms with Crippen LogP contribution in [-0.4, -0.2) is 6.54 Å². The fourth-order valence-corrected chi connectivity index (χ4v) is 3.90. The van der Waals surface area contributed by atoms with Gasteiger partial charge in [-0.05, 0) is 43.3 Å². The van der Waals surface area contributed by atoms with Crippen LogP contribution in [0.1, 0.15) is 31.2 Å². The van der Waals surface area contributed by atoms with Crippen molar-refractivity contribution in [3.8, 4) is 10.4 Å². The van der Waals surface area contributed by atoms with E-state index in [1.54, 1.807) is 0 Å². The standard InChI is InChI=1S/C15H17BrClNS/c1-3-13(18-4-2)15-8-7-14(19-15)11-9-10(16)5-6-12(11)17/h5-9,13,18H,3-4H2,1-2H3. The Morgan fingerprint density at radius 3 is 2.74 bits per heavy atom. The van der Waals surface area contributed by atoms with E-state index in [9.17, 15) is 0 Å². The van der Waals surface area contributed by atoms with Crippen LogP contribution in [0.2, 0.25) is 5.02 Å². The highest BCUT2D eigenvalue weighted by atomic mass is 79.9. The largest absolute Gasteiger partial charge is 0.310 e. The summed E-state index contributed by atoms with van der Waals surface area (Å²) in [5, 5.41) is 4.31. The molecular formula is C15H17BrClNS. The summed E-state index contributed by atoms with van der Waals surface area (Å²) < 4.78 is 1.06. The smallest absolute Gasteiger partial charge is 0.0493 e. The zero-order chi connectivity index (χ0) is 13.8. The van der Waals surface area contributed by atoms with E-state index in [1.807, 2.05) is 23.5 Å². The molecule has 0 amide bonds. The van der Waals surface area contributed by atoms with E-state index in [0.717, 1.165) is 28.0 Å². The molecule has 0 aliphatic carbocycles. The van der Waals surface area contributed by atoms with Gasteiger partial charge in [-0.2, -0.15) is 0 Å². The maximum Gasteiger partial charge on any atom is 0.0493 e. The Bertz CT molecular complexity index is 553. The van der Waals surface area contributed by atoms with Crippen molar-refractivity contribution in [2.24, 2.45) is 0 Å². The van der Waals surface area contributed by atoms with Crippen LogP contribution in [0.3, 0.4) is 0 Å². The highest BCUT2D eigenvalue weighted by Crippen LogP contribution is 2.37. The molecule has 1 aromatic heterocycles. The van der Waals surface area contributed by atoms with E-state index in [4.69, 9.17) is 11.6 Å². The SMILES string of the molecule is CCNC(CC)c1ccc(-c2cc(Br)ccc2Cl)s1. The van der Waals surface area contributed by atoms with Crippen molar-refractivity contribution < 1.29 is 0 Å². The van der Waals surface area contributed by atoms with Crippen LogP contribution in [0.5, 0.6) is 0 Å². The zero-order valence-corrected chi connectivity index (χ0v) is 14.2. The molecule has 4 heteroatoms. The third kappa shape index (κ3) is 3.60. The van der Waals surface area contributed by atoms with Crippen molar-refractivity contribution in [2.45, 2.75) is 26.3 Å². The average Bonchev–Trinajstić information content (AvgIpc) is 2.88. The molecular weight excluding hydrogens is 342 g/mol. The first-order valence-electron chi connectivity index (χ1n) is 6.44. The van der Waals surface area contributed by atoms with E-state index in [1.165, 1.54) is 9.75 Å². The molecule has 102 valence electrons. The first-order valence-corrected chi connectivity index (χ1v) is 8.43. The van der Waals surface area contributed by atoms with Crippen molar-refractivity contribution in [3.05, 3.63) is 44.7 Å². The first-order chi connectivity index (χ1) is 9.15. The first kappa shape index (κ1) is 15.0. The molecule has 19 heavy (non-hydrogen) atoms.